The maximum absolute atomic E-state index is 16.5. The Bertz CT molecular complexity index is 2260. The summed E-state index contributed by atoms with van der Waals surface area (Å²) < 4.78 is 42.6. The standard InChI is InChI=1S/C44H51F2N7O6/c1-23(2)36(50-41(56)58-5)39(54)52-15-7-8-34(52)38-48-21-33(49-38)26-10-12-29-28-11-9-25(16-30(28)44(45,46)31(29)17-26)27-18-32(47-20-27)35-19-43(13-14-43)22-53(35)40(55)37(24(3)4)51-42(57)59-6/h9-12,16-17,20-21,23-24,34-37H,7-8,13-15,18-19,22H2,1-6H3,(H,48,49)(H,50,56)(H,51,57)/t34-,35-,36-,37-/m0/s1. The molecule has 3 aromatic rings. The fraction of sp³-hybridized carbons (Fsp3) is 0.500. The lowest BCUT2D eigenvalue weighted by molar-refractivity contribution is -0.135. The van der Waals surface area contributed by atoms with Gasteiger partial charge in [0.15, 0.2) is 0 Å². The van der Waals surface area contributed by atoms with Crippen LogP contribution in [-0.4, -0.2) is 94.9 Å². The highest BCUT2D eigenvalue weighted by atomic mass is 19.3. The zero-order valence-electron chi connectivity index (χ0n) is 34.2. The summed E-state index contributed by atoms with van der Waals surface area (Å²) in [5.41, 5.74) is 4.16. The Labute approximate surface area is 342 Å². The average Bonchev–Trinajstić information content (AvgIpc) is 3.81. The number of imidazole rings is 1. The van der Waals surface area contributed by atoms with Crippen molar-refractivity contribution in [3.8, 4) is 22.4 Å². The second-order valence-corrected chi connectivity index (χ2v) is 17.3. The molecule has 3 fully saturated rings. The number of H-pyrrole nitrogens is 1. The number of aliphatic imine (C=N–C) groups is 1. The minimum Gasteiger partial charge on any atom is -0.453 e. The van der Waals surface area contributed by atoms with Gasteiger partial charge in [0.1, 0.15) is 17.9 Å². The molecule has 59 heavy (non-hydrogen) atoms. The Balaban J connectivity index is 0.982. The van der Waals surface area contributed by atoms with Crippen LogP contribution in [0.3, 0.4) is 0 Å². The third kappa shape index (κ3) is 7.26. The van der Waals surface area contributed by atoms with E-state index in [2.05, 4.69) is 20.6 Å². The number of hydrogen-bond donors (Lipinski definition) is 3. The minimum absolute atomic E-state index is 0.0495. The van der Waals surface area contributed by atoms with Crippen molar-refractivity contribution >= 4 is 35.3 Å². The lowest BCUT2D eigenvalue weighted by Crippen LogP contribution is -2.53. The van der Waals surface area contributed by atoms with E-state index >= 15 is 8.78 Å². The molecule has 4 atom stereocenters. The molecule has 1 spiro atoms. The third-order valence-corrected chi connectivity index (χ3v) is 12.8. The number of aromatic amines is 1. The van der Waals surface area contributed by atoms with Crippen LogP contribution in [0.1, 0.15) is 94.8 Å². The molecule has 1 saturated carbocycles. The molecular formula is C44H51F2N7O6. The Morgan fingerprint density at radius 3 is 2.03 bits per heavy atom. The second kappa shape index (κ2) is 15.2. The van der Waals surface area contributed by atoms with Crippen LogP contribution in [0.25, 0.3) is 28.0 Å². The van der Waals surface area contributed by atoms with Crippen LogP contribution >= 0.6 is 0 Å². The van der Waals surface area contributed by atoms with E-state index in [0.717, 1.165) is 37.0 Å². The summed E-state index contributed by atoms with van der Waals surface area (Å²) in [4.78, 5) is 67.9. The van der Waals surface area contributed by atoms with Gasteiger partial charge in [-0.15, -0.1) is 0 Å². The van der Waals surface area contributed by atoms with Crippen LogP contribution in [0.2, 0.25) is 0 Å². The van der Waals surface area contributed by atoms with Crippen molar-refractivity contribution in [2.75, 3.05) is 27.3 Å². The van der Waals surface area contributed by atoms with Gasteiger partial charge in [0.25, 0.3) is 5.92 Å². The number of alkyl halides is 2. The molecule has 13 nitrogen and oxygen atoms in total. The van der Waals surface area contributed by atoms with Gasteiger partial charge in [-0.25, -0.2) is 14.6 Å². The van der Waals surface area contributed by atoms with Crippen LogP contribution < -0.4 is 10.6 Å². The van der Waals surface area contributed by atoms with Crippen molar-refractivity contribution in [3.05, 3.63) is 71.3 Å². The molecule has 0 radical (unpaired) electrons. The van der Waals surface area contributed by atoms with Gasteiger partial charge >= 0.3 is 12.2 Å². The molecule has 2 aliphatic carbocycles. The monoisotopic (exact) mass is 811 g/mol. The van der Waals surface area contributed by atoms with Crippen LogP contribution in [0.15, 0.2) is 53.8 Å². The Hall–Kier alpha value is -5.60. The molecule has 0 unspecified atom stereocenters. The maximum atomic E-state index is 16.5. The van der Waals surface area contributed by atoms with Crippen LogP contribution in [0.5, 0.6) is 0 Å². The number of nitrogens with zero attached hydrogens (tertiary/aromatic N) is 4. The van der Waals surface area contributed by atoms with Crippen LogP contribution in [0, 0.1) is 17.3 Å². The van der Waals surface area contributed by atoms with Gasteiger partial charge in [0.2, 0.25) is 11.8 Å². The number of carbonyl (C=O) groups excluding carboxylic acids is 4. The predicted octanol–water partition coefficient (Wildman–Crippen LogP) is 7.19. The van der Waals surface area contributed by atoms with E-state index in [-0.39, 0.29) is 52.3 Å². The number of benzene rings is 2. The number of amides is 4. The SMILES string of the molecule is COC(=O)N[C@H](C(=O)N1CC2(CC2)C[C@H]1C1=NC=C(c2ccc3c(c2)C(F)(F)c2cc(-c4cnc([C@@H]5CCCN5C(=O)[C@@H](NC(=O)OC)C(C)C)[nH]4)ccc2-3)C1)C(C)C. The molecule has 8 rings (SSSR count). The summed E-state index contributed by atoms with van der Waals surface area (Å²) in [6.45, 7) is 8.55. The van der Waals surface area contributed by atoms with Gasteiger partial charge in [0.05, 0.1) is 38.2 Å². The quantitative estimate of drug-likeness (QED) is 0.196. The van der Waals surface area contributed by atoms with E-state index in [1.54, 1.807) is 41.6 Å². The van der Waals surface area contributed by atoms with E-state index in [4.69, 9.17) is 14.5 Å². The van der Waals surface area contributed by atoms with Gasteiger partial charge in [-0.2, -0.15) is 8.78 Å². The number of likely N-dealkylation sites (tertiary alicyclic amines) is 2. The highest BCUT2D eigenvalue weighted by molar-refractivity contribution is 6.04. The molecular weight excluding hydrogens is 761 g/mol. The minimum atomic E-state index is -3.28. The van der Waals surface area contributed by atoms with E-state index in [0.29, 0.717) is 59.7 Å². The Kier molecular flexibility index (Phi) is 10.4. The predicted molar refractivity (Wildman–Crippen MR) is 216 cm³/mol. The smallest absolute Gasteiger partial charge is 0.407 e. The number of nitrogens with one attached hydrogen (secondary N) is 3. The zero-order chi connectivity index (χ0) is 42.0. The zero-order valence-corrected chi connectivity index (χ0v) is 34.2. The van der Waals surface area contributed by atoms with Crippen molar-refractivity contribution in [1.29, 1.82) is 0 Å². The maximum Gasteiger partial charge on any atom is 0.407 e. The Morgan fingerprint density at radius 1 is 0.847 bits per heavy atom. The fourth-order valence-corrected chi connectivity index (χ4v) is 9.27. The van der Waals surface area contributed by atoms with Crippen molar-refractivity contribution < 1.29 is 37.4 Å². The van der Waals surface area contributed by atoms with Crippen molar-refractivity contribution in [1.82, 2.24) is 30.4 Å². The topological polar surface area (TPSA) is 158 Å². The first-order valence-electron chi connectivity index (χ1n) is 20.4. The third-order valence-electron chi connectivity index (χ3n) is 12.8. The van der Waals surface area contributed by atoms with Crippen molar-refractivity contribution in [2.45, 2.75) is 96.3 Å². The van der Waals surface area contributed by atoms with Gasteiger partial charge in [-0.05, 0) is 83.8 Å². The molecule has 2 saturated heterocycles. The molecule has 4 heterocycles. The molecule has 2 aromatic carbocycles. The largest absolute Gasteiger partial charge is 0.453 e. The molecule has 5 aliphatic rings. The van der Waals surface area contributed by atoms with E-state index in [9.17, 15) is 19.2 Å². The summed E-state index contributed by atoms with van der Waals surface area (Å²) in [7, 11) is 2.52. The molecule has 0 bridgehead atoms. The average molecular weight is 812 g/mol. The summed E-state index contributed by atoms with van der Waals surface area (Å²) in [5, 5.41) is 5.36. The first kappa shape index (κ1) is 40.2. The number of allylic oxidation sites excluding steroid dienone is 1. The van der Waals surface area contributed by atoms with Gasteiger partial charge < -0.3 is 34.9 Å². The lowest BCUT2D eigenvalue weighted by Gasteiger charge is -2.31. The number of halogens is 2. The normalized spacial score (nSPS) is 21.9. The summed E-state index contributed by atoms with van der Waals surface area (Å²) >= 11 is 0. The lowest BCUT2D eigenvalue weighted by atomic mass is 9.93. The van der Waals surface area contributed by atoms with Gasteiger partial charge in [-0.1, -0.05) is 52.0 Å². The number of hydrogen-bond acceptors (Lipinski definition) is 8. The molecule has 15 heteroatoms. The molecule has 3 aliphatic heterocycles. The summed E-state index contributed by atoms with van der Waals surface area (Å²) in [6, 6.07) is 8.05. The number of carbonyl (C=O) groups is 4. The van der Waals surface area contributed by atoms with E-state index in [1.165, 1.54) is 20.3 Å². The second-order valence-electron chi connectivity index (χ2n) is 17.3. The number of rotatable bonds is 10. The summed E-state index contributed by atoms with van der Waals surface area (Å²) in [5.74, 6) is -3.47. The number of methoxy groups -OCH3 is 2. The number of aromatic nitrogens is 2. The first-order valence-corrected chi connectivity index (χ1v) is 20.4. The molecule has 1 aromatic heterocycles. The first-order chi connectivity index (χ1) is 28.1. The fourth-order valence-electron chi connectivity index (χ4n) is 9.27. The number of ether oxygens (including phenoxy) is 2. The van der Waals surface area contributed by atoms with Gasteiger partial charge in [0, 0.05) is 48.1 Å². The van der Waals surface area contributed by atoms with Crippen LogP contribution in [0.4, 0.5) is 18.4 Å². The number of alkyl carbamates (subject to hydrolysis) is 2. The van der Waals surface area contributed by atoms with Gasteiger partial charge in [-0.3, -0.25) is 14.6 Å². The molecule has 4 amide bonds. The highest BCUT2D eigenvalue weighted by Crippen LogP contribution is 2.56. The van der Waals surface area contributed by atoms with Crippen molar-refractivity contribution in [3.63, 3.8) is 0 Å². The van der Waals surface area contributed by atoms with Crippen LogP contribution in [-0.2, 0) is 25.0 Å². The highest BCUT2D eigenvalue weighted by Gasteiger charge is 2.55. The molecule has 3 N–H and O–H groups in total. The number of fused-ring (bicyclic) bond motifs is 3. The molecule has 312 valence electrons. The van der Waals surface area contributed by atoms with E-state index in [1.807, 2.05) is 38.7 Å². The summed E-state index contributed by atoms with van der Waals surface area (Å²) in [6.07, 6.45) is 6.67. The van der Waals surface area contributed by atoms with E-state index < -0.39 is 30.2 Å². The Morgan fingerprint density at radius 2 is 1.44 bits per heavy atom. The van der Waals surface area contributed by atoms with Crippen molar-refractivity contribution in [2.24, 2.45) is 22.2 Å².